The van der Waals surface area contributed by atoms with Gasteiger partial charge in [0.1, 0.15) is 5.69 Å². The molecular formula is C17H25N3O. The molecule has 2 saturated heterocycles. The summed E-state index contributed by atoms with van der Waals surface area (Å²) in [7, 11) is 0. The predicted molar refractivity (Wildman–Crippen MR) is 82.4 cm³/mol. The van der Waals surface area contributed by atoms with E-state index in [2.05, 4.69) is 21.0 Å². The summed E-state index contributed by atoms with van der Waals surface area (Å²) in [5.41, 5.74) is 0.905. The van der Waals surface area contributed by atoms with Crippen molar-refractivity contribution in [3.8, 4) is 0 Å². The molecule has 4 nitrogen and oxygen atoms in total. The number of rotatable bonds is 3. The standard InChI is InChI=1S/C17H25N3O/c21-17(16-7-4-12-19(16)13-8-9-13)20-11-2-1-6-15(20)14-5-3-10-18-14/h4,7,12-15,18H,1-3,5-6,8-11H2. The second-order valence-corrected chi connectivity index (χ2v) is 6.80. The van der Waals surface area contributed by atoms with Gasteiger partial charge in [-0.25, -0.2) is 0 Å². The molecule has 21 heavy (non-hydrogen) atoms. The highest BCUT2D eigenvalue weighted by Gasteiger charge is 2.36. The van der Waals surface area contributed by atoms with Gasteiger partial charge in [0.15, 0.2) is 0 Å². The van der Waals surface area contributed by atoms with E-state index in [0.29, 0.717) is 18.1 Å². The minimum atomic E-state index is 0.255. The molecule has 114 valence electrons. The van der Waals surface area contributed by atoms with Crippen LogP contribution < -0.4 is 5.32 Å². The van der Waals surface area contributed by atoms with Gasteiger partial charge in [0.25, 0.3) is 5.91 Å². The lowest BCUT2D eigenvalue weighted by Crippen LogP contribution is -2.52. The van der Waals surface area contributed by atoms with Crippen molar-refractivity contribution >= 4 is 5.91 Å². The summed E-state index contributed by atoms with van der Waals surface area (Å²) in [5.74, 6) is 0.255. The minimum Gasteiger partial charge on any atom is -0.340 e. The maximum absolute atomic E-state index is 13.1. The fraction of sp³-hybridized carbons (Fsp3) is 0.706. The van der Waals surface area contributed by atoms with E-state index in [1.54, 1.807) is 0 Å². The summed E-state index contributed by atoms with van der Waals surface area (Å²) in [6.07, 6.45) is 10.6. The Morgan fingerprint density at radius 3 is 2.81 bits per heavy atom. The molecule has 2 atom stereocenters. The fourth-order valence-corrected chi connectivity index (χ4v) is 4.06. The molecule has 2 aliphatic heterocycles. The van der Waals surface area contributed by atoms with Gasteiger partial charge in [-0.2, -0.15) is 0 Å². The molecule has 4 rings (SSSR count). The van der Waals surface area contributed by atoms with Crippen LogP contribution in [-0.4, -0.2) is 40.5 Å². The maximum Gasteiger partial charge on any atom is 0.270 e. The zero-order valence-corrected chi connectivity index (χ0v) is 12.6. The van der Waals surface area contributed by atoms with Crippen molar-refractivity contribution in [2.45, 2.75) is 63.1 Å². The number of nitrogens with zero attached hydrogens (tertiary/aromatic N) is 2. The van der Waals surface area contributed by atoms with E-state index < -0.39 is 0 Å². The molecule has 0 aromatic carbocycles. The highest BCUT2D eigenvalue weighted by atomic mass is 16.2. The largest absolute Gasteiger partial charge is 0.340 e. The molecule has 0 spiro atoms. The van der Waals surface area contributed by atoms with Crippen LogP contribution in [0.25, 0.3) is 0 Å². The molecule has 1 amide bonds. The van der Waals surface area contributed by atoms with Gasteiger partial charge in [-0.05, 0) is 63.6 Å². The Morgan fingerprint density at radius 2 is 2.05 bits per heavy atom. The molecule has 1 aromatic rings. The molecule has 0 bridgehead atoms. The third kappa shape index (κ3) is 2.50. The highest BCUT2D eigenvalue weighted by molar-refractivity contribution is 5.93. The fourth-order valence-electron chi connectivity index (χ4n) is 4.06. The second-order valence-electron chi connectivity index (χ2n) is 6.80. The molecule has 0 radical (unpaired) electrons. The molecule has 4 heteroatoms. The van der Waals surface area contributed by atoms with E-state index in [1.165, 1.54) is 32.1 Å². The summed E-state index contributed by atoms with van der Waals surface area (Å²) in [5, 5.41) is 3.61. The van der Waals surface area contributed by atoms with Gasteiger partial charge in [0, 0.05) is 30.9 Å². The van der Waals surface area contributed by atoms with Gasteiger partial charge in [-0.3, -0.25) is 4.79 Å². The van der Waals surface area contributed by atoms with Crippen molar-refractivity contribution in [1.82, 2.24) is 14.8 Å². The Kier molecular flexibility index (Phi) is 3.49. The van der Waals surface area contributed by atoms with E-state index in [4.69, 9.17) is 0 Å². The number of carbonyl (C=O) groups is 1. The number of carbonyl (C=O) groups excluding carboxylic acids is 1. The Morgan fingerprint density at radius 1 is 1.14 bits per heavy atom. The van der Waals surface area contributed by atoms with Crippen LogP contribution in [-0.2, 0) is 0 Å². The topological polar surface area (TPSA) is 37.3 Å². The second kappa shape index (κ2) is 5.48. The molecule has 1 N–H and O–H groups in total. The van der Waals surface area contributed by atoms with E-state index in [-0.39, 0.29) is 5.91 Å². The summed E-state index contributed by atoms with van der Waals surface area (Å²) in [6, 6.07) is 5.52. The van der Waals surface area contributed by atoms with Crippen molar-refractivity contribution in [3.63, 3.8) is 0 Å². The van der Waals surface area contributed by atoms with Crippen LogP contribution in [0.15, 0.2) is 18.3 Å². The van der Waals surface area contributed by atoms with Crippen LogP contribution >= 0.6 is 0 Å². The van der Waals surface area contributed by atoms with E-state index in [0.717, 1.165) is 31.6 Å². The van der Waals surface area contributed by atoms with E-state index in [9.17, 15) is 4.79 Å². The normalized spacial score (nSPS) is 29.8. The zero-order chi connectivity index (χ0) is 14.2. The summed E-state index contributed by atoms with van der Waals surface area (Å²) < 4.78 is 2.20. The monoisotopic (exact) mass is 287 g/mol. The Hall–Kier alpha value is -1.29. The van der Waals surface area contributed by atoms with Gasteiger partial charge in [0.2, 0.25) is 0 Å². The first kappa shape index (κ1) is 13.4. The lowest BCUT2D eigenvalue weighted by molar-refractivity contribution is 0.0552. The average molecular weight is 287 g/mol. The highest BCUT2D eigenvalue weighted by Crippen LogP contribution is 2.36. The van der Waals surface area contributed by atoms with Crippen LogP contribution in [0.4, 0.5) is 0 Å². The Labute approximate surface area is 126 Å². The lowest BCUT2D eigenvalue weighted by atomic mass is 9.94. The minimum absolute atomic E-state index is 0.255. The third-order valence-electron chi connectivity index (χ3n) is 5.31. The van der Waals surface area contributed by atoms with Gasteiger partial charge >= 0.3 is 0 Å². The number of nitrogens with one attached hydrogen (secondary N) is 1. The van der Waals surface area contributed by atoms with Crippen LogP contribution in [0.2, 0.25) is 0 Å². The number of hydrogen-bond acceptors (Lipinski definition) is 2. The average Bonchev–Trinajstić information content (AvgIpc) is 3.05. The van der Waals surface area contributed by atoms with Gasteiger partial charge in [-0.15, -0.1) is 0 Å². The first-order valence-electron chi connectivity index (χ1n) is 8.56. The lowest BCUT2D eigenvalue weighted by Gasteiger charge is -2.39. The number of amides is 1. The molecule has 1 aromatic heterocycles. The van der Waals surface area contributed by atoms with Crippen molar-refractivity contribution in [2.24, 2.45) is 0 Å². The molecule has 3 aliphatic rings. The quantitative estimate of drug-likeness (QED) is 0.927. The molecule has 1 saturated carbocycles. The molecule has 2 unspecified atom stereocenters. The van der Waals surface area contributed by atoms with Gasteiger partial charge in [-0.1, -0.05) is 0 Å². The van der Waals surface area contributed by atoms with E-state index in [1.807, 2.05) is 12.1 Å². The first-order chi connectivity index (χ1) is 10.3. The maximum atomic E-state index is 13.1. The predicted octanol–water partition coefficient (Wildman–Crippen LogP) is 2.57. The smallest absolute Gasteiger partial charge is 0.270 e. The molecule has 1 aliphatic carbocycles. The third-order valence-corrected chi connectivity index (χ3v) is 5.31. The first-order valence-corrected chi connectivity index (χ1v) is 8.56. The SMILES string of the molecule is O=C(c1cccn1C1CC1)N1CCCCC1C1CCCN1. The molecular weight excluding hydrogens is 262 g/mol. The number of likely N-dealkylation sites (tertiary alicyclic amines) is 1. The summed E-state index contributed by atoms with van der Waals surface area (Å²) >= 11 is 0. The van der Waals surface area contributed by atoms with Crippen LogP contribution in [0.5, 0.6) is 0 Å². The molecule has 3 heterocycles. The number of piperidine rings is 1. The van der Waals surface area contributed by atoms with Crippen molar-refractivity contribution in [1.29, 1.82) is 0 Å². The van der Waals surface area contributed by atoms with Crippen LogP contribution in [0.1, 0.15) is 61.5 Å². The van der Waals surface area contributed by atoms with Gasteiger partial charge < -0.3 is 14.8 Å². The van der Waals surface area contributed by atoms with Crippen LogP contribution in [0.3, 0.4) is 0 Å². The van der Waals surface area contributed by atoms with Crippen molar-refractivity contribution in [3.05, 3.63) is 24.0 Å². The van der Waals surface area contributed by atoms with Crippen molar-refractivity contribution < 1.29 is 4.79 Å². The van der Waals surface area contributed by atoms with Crippen LogP contribution in [0, 0.1) is 0 Å². The summed E-state index contributed by atoms with van der Waals surface area (Å²) in [6.45, 7) is 2.04. The number of hydrogen-bond donors (Lipinski definition) is 1. The summed E-state index contributed by atoms with van der Waals surface area (Å²) in [4.78, 5) is 15.2. The van der Waals surface area contributed by atoms with Gasteiger partial charge in [0.05, 0.1) is 0 Å². The molecule has 3 fully saturated rings. The van der Waals surface area contributed by atoms with Crippen molar-refractivity contribution in [2.75, 3.05) is 13.1 Å². The van der Waals surface area contributed by atoms with E-state index >= 15 is 0 Å². The Bertz CT molecular complexity index is 514. The Balaban J connectivity index is 1.56. The zero-order valence-electron chi connectivity index (χ0n) is 12.6. The number of aromatic nitrogens is 1.